The molecule has 3 heterocycles. The van der Waals surface area contributed by atoms with Gasteiger partial charge in [-0.05, 0) is 97.7 Å². The van der Waals surface area contributed by atoms with Crippen LogP contribution in [-0.2, 0) is 0 Å². The Hall–Kier alpha value is -0.160. The number of rotatable bonds is 4. The number of piperazine rings is 1. The van der Waals surface area contributed by atoms with E-state index in [1.807, 2.05) is 0 Å². The molecule has 1 atom stereocenters. The number of nitrogens with zero attached hydrogens (tertiary/aromatic N) is 4. The van der Waals surface area contributed by atoms with E-state index in [0.29, 0.717) is 5.54 Å². The third kappa shape index (κ3) is 4.61. The summed E-state index contributed by atoms with van der Waals surface area (Å²) < 4.78 is 0. The van der Waals surface area contributed by atoms with Gasteiger partial charge >= 0.3 is 0 Å². The molecule has 4 nitrogen and oxygen atoms in total. The third-order valence-electron chi connectivity index (χ3n) is 8.60. The predicted molar refractivity (Wildman–Crippen MR) is 119 cm³/mol. The van der Waals surface area contributed by atoms with Crippen molar-refractivity contribution < 1.29 is 0 Å². The highest BCUT2D eigenvalue weighted by molar-refractivity contribution is 5.02. The van der Waals surface area contributed by atoms with Crippen molar-refractivity contribution in [2.45, 2.75) is 84.3 Å². The van der Waals surface area contributed by atoms with Gasteiger partial charge in [-0.3, -0.25) is 4.90 Å². The molecular formula is C24H46N4. The van der Waals surface area contributed by atoms with Gasteiger partial charge < -0.3 is 14.7 Å². The van der Waals surface area contributed by atoms with Crippen LogP contribution in [0.4, 0.5) is 0 Å². The van der Waals surface area contributed by atoms with Gasteiger partial charge in [0, 0.05) is 56.9 Å². The SMILES string of the molecule is CC(C)N1CCC2(CC1)CC(N1CCC(CN3CCN(C(C)(C)C)CC3)C1)C2. The number of likely N-dealkylation sites (tertiary alicyclic amines) is 2. The molecule has 4 aliphatic rings. The molecule has 4 rings (SSSR count). The van der Waals surface area contributed by atoms with Crippen molar-refractivity contribution >= 4 is 0 Å². The molecule has 0 radical (unpaired) electrons. The molecule has 162 valence electrons. The molecule has 28 heavy (non-hydrogen) atoms. The van der Waals surface area contributed by atoms with E-state index in [9.17, 15) is 0 Å². The Kier molecular flexibility index (Phi) is 6.15. The van der Waals surface area contributed by atoms with Crippen molar-refractivity contribution in [2.24, 2.45) is 11.3 Å². The monoisotopic (exact) mass is 390 g/mol. The molecule has 4 fully saturated rings. The summed E-state index contributed by atoms with van der Waals surface area (Å²) in [5.74, 6) is 0.917. The predicted octanol–water partition coefficient (Wildman–Crippen LogP) is 3.38. The lowest BCUT2D eigenvalue weighted by Gasteiger charge is -2.55. The van der Waals surface area contributed by atoms with Crippen molar-refractivity contribution in [1.82, 2.24) is 19.6 Å². The highest BCUT2D eigenvalue weighted by atomic mass is 15.3. The van der Waals surface area contributed by atoms with E-state index in [2.05, 4.69) is 54.2 Å². The molecule has 0 bridgehead atoms. The fraction of sp³-hybridized carbons (Fsp3) is 1.00. The summed E-state index contributed by atoms with van der Waals surface area (Å²) >= 11 is 0. The van der Waals surface area contributed by atoms with E-state index in [4.69, 9.17) is 0 Å². The standard InChI is InChI=1S/C24H46N4/c1-20(2)26-10-7-24(8-11-26)16-22(17-24)27-9-6-21(19-27)18-25-12-14-28(15-13-25)23(3,4)5/h20-22H,6-19H2,1-5H3. The lowest BCUT2D eigenvalue weighted by molar-refractivity contribution is -0.0421. The fourth-order valence-electron chi connectivity index (χ4n) is 6.43. The van der Waals surface area contributed by atoms with Gasteiger partial charge in [0.1, 0.15) is 0 Å². The van der Waals surface area contributed by atoms with Gasteiger partial charge in [-0.2, -0.15) is 0 Å². The summed E-state index contributed by atoms with van der Waals surface area (Å²) in [7, 11) is 0. The highest BCUT2D eigenvalue weighted by Gasteiger charge is 2.48. The molecule has 3 saturated heterocycles. The Bertz CT molecular complexity index is 501. The quantitative estimate of drug-likeness (QED) is 0.729. The minimum absolute atomic E-state index is 0.335. The molecule has 0 aromatic rings. The van der Waals surface area contributed by atoms with E-state index >= 15 is 0 Å². The van der Waals surface area contributed by atoms with Crippen LogP contribution in [0.5, 0.6) is 0 Å². The molecule has 0 amide bonds. The van der Waals surface area contributed by atoms with E-state index < -0.39 is 0 Å². The van der Waals surface area contributed by atoms with Crippen LogP contribution in [0.1, 0.15) is 66.7 Å². The van der Waals surface area contributed by atoms with E-state index in [0.717, 1.165) is 23.4 Å². The second-order valence-corrected chi connectivity index (χ2v) is 11.8. The highest BCUT2D eigenvalue weighted by Crippen LogP contribution is 2.51. The first kappa shape index (κ1) is 21.1. The lowest BCUT2D eigenvalue weighted by atomic mass is 9.60. The second-order valence-electron chi connectivity index (χ2n) is 11.8. The summed E-state index contributed by atoms with van der Waals surface area (Å²) in [6.45, 7) is 23.6. The zero-order chi connectivity index (χ0) is 19.9. The number of hydrogen-bond acceptors (Lipinski definition) is 4. The minimum Gasteiger partial charge on any atom is -0.301 e. The van der Waals surface area contributed by atoms with E-state index in [1.165, 1.54) is 91.0 Å². The van der Waals surface area contributed by atoms with Gasteiger partial charge in [0.05, 0.1) is 0 Å². The Labute approximate surface area is 174 Å². The minimum atomic E-state index is 0.335. The average molecular weight is 391 g/mol. The summed E-state index contributed by atoms with van der Waals surface area (Å²) in [5, 5.41) is 0. The zero-order valence-corrected chi connectivity index (χ0v) is 19.4. The summed E-state index contributed by atoms with van der Waals surface area (Å²) in [5.41, 5.74) is 1.05. The molecule has 1 aliphatic carbocycles. The van der Waals surface area contributed by atoms with Crippen LogP contribution in [0.3, 0.4) is 0 Å². The third-order valence-corrected chi connectivity index (χ3v) is 8.60. The van der Waals surface area contributed by atoms with Gasteiger partial charge in [0.25, 0.3) is 0 Å². The van der Waals surface area contributed by atoms with Crippen LogP contribution >= 0.6 is 0 Å². The summed E-state index contributed by atoms with van der Waals surface area (Å²) in [4.78, 5) is 11.0. The lowest BCUT2D eigenvalue weighted by Crippen LogP contribution is -2.55. The first-order chi connectivity index (χ1) is 13.2. The van der Waals surface area contributed by atoms with E-state index in [1.54, 1.807) is 0 Å². The largest absolute Gasteiger partial charge is 0.301 e. The summed E-state index contributed by atoms with van der Waals surface area (Å²) in [6.07, 6.45) is 7.34. The molecule has 1 spiro atoms. The van der Waals surface area contributed by atoms with Crippen molar-refractivity contribution in [1.29, 1.82) is 0 Å². The number of hydrogen-bond donors (Lipinski definition) is 0. The van der Waals surface area contributed by atoms with Gasteiger partial charge in [0.2, 0.25) is 0 Å². The molecule has 0 aromatic heterocycles. The van der Waals surface area contributed by atoms with Crippen LogP contribution in [0, 0.1) is 11.3 Å². The Morgan fingerprint density at radius 2 is 1.54 bits per heavy atom. The van der Waals surface area contributed by atoms with Gasteiger partial charge in [0.15, 0.2) is 0 Å². The molecule has 1 unspecified atom stereocenters. The second kappa shape index (κ2) is 8.17. The van der Waals surface area contributed by atoms with Gasteiger partial charge in [-0.1, -0.05) is 0 Å². The first-order valence-corrected chi connectivity index (χ1v) is 12.2. The maximum Gasteiger partial charge on any atom is 0.0126 e. The smallest absolute Gasteiger partial charge is 0.0126 e. The number of piperidine rings is 1. The molecule has 1 saturated carbocycles. The Balaban J connectivity index is 1.16. The summed E-state index contributed by atoms with van der Waals surface area (Å²) in [6, 6.07) is 1.64. The van der Waals surface area contributed by atoms with E-state index in [-0.39, 0.29) is 0 Å². The first-order valence-electron chi connectivity index (χ1n) is 12.2. The molecule has 0 aromatic carbocycles. The van der Waals surface area contributed by atoms with Crippen molar-refractivity contribution in [3.8, 4) is 0 Å². The van der Waals surface area contributed by atoms with Gasteiger partial charge in [-0.25, -0.2) is 0 Å². The van der Waals surface area contributed by atoms with Crippen LogP contribution in [0.2, 0.25) is 0 Å². The Morgan fingerprint density at radius 1 is 0.893 bits per heavy atom. The van der Waals surface area contributed by atoms with Crippen LogP contribution < -0.4 is 0 Å². The average Bonchev–Trinajstić information content (AvgIpc) is 3.07. The molecule has 3 aliphatic heterocycles. The topological polar surface area (TPSA) is 13.0 Å². The van der Waals surface area contributed by atoms with Crippen molar-refractivity contribution in [3.63, 3.8) is 0 Å². The maximum atomic E-state index is 2.87. The van der Waals surface area contributed by atoms with Crippen LogP contribution in [-0.4, -0.2) is 96.1 Å². The van der Waals surface area contributed by atoms with Crippen molar-refractivity contribution in [2.75, 3.05) is 58.9 Å². The molecular weight excluding hydrogens is 344 g/mol. The fourth-order valence-corrected chi connectivity index (χ4v) is 6.43. The molecule has 0 N–H and O–H groups in total. The maximum absolute atomic E-state index is 2.87. The zero-order valence-electron chi connectivity index (χ0n) is 19.4. The Morgan fingerprint density at radius 3 is 2.11 bits per heavy atom. The van der Waals surface area contributed by atoms with Crippen LogP contribution in [0.15, 0.2) is 0 Å². The van der Waals surface area contributed by atoms with Crippen LogP contribution in [0.25, 0.3) is 0 Å². The van der Waals surface area contributed by atoms with Crippen molar-refractivity contribution in [3.05, 3.63) is 0 Å². The normalized spacial score (nSPS) is 31.7. The molecule has 4 heteroatoms. The van der Waals surface area contributed by atoms with Gasteiger partial charge in [-0.15, -0.1) is 0 Å².